The van der Waals surface area contributed by atoms with Crippen LogP contribution in [0.3, 0.4) is 0 Å². The molecule has 0 aliphatic carbocycles. The number of sulfonamides is 1. The van der Waals surface area contributed by atoms with Gasteiger partial charge in [0.2, 0.25) is 10.0 Å². The van der Waals surface area contributed by atoms with Gasteiger partial charge in [-0.2, -0.15) is 4.31 Å². The van der Waals surface area contributed by atoms with Crippen molar-refractivity contribution in [2.45, 2.75) is 30.7 Å². The Morgan fingerprint density at radius 1 is 1.03 bits per heavy atom. The van der Waals surface area contributed by atoms with Gasteiger partial charge >= 0.3 is 0 Å². The minimum absolute atomic E-state index is 0.0718. The lowest BCUT2D eigenvalue weighted by molar-refractivity contribution is -0.917. The molecule has 8 heteroatoms. The van der Waals surface area contributed by atoms with Crippen molar-refractivity contribution in [1.29, 1.82) is 0 Å². The molecule has 2 aliphatic heterocycles. The van der Waals surface area contributed by atoms with Gasteiger partial charge < -0.3 is 9.80 Å². The Balaban J connectivity index is 1.43. The third kappa shape index (κ3) is 3.87. The van der Waals surface area contributed by atoms with Crippen molar-refractivity contribution in [3.05, 3.63) is 59.9 Å². The fourth-order valence-electron chi connectivity index (χ4n) is 4.41. The van der Waals surface area contributed by atoms with Crippen molar-refractivity contribution in [2.24, 2.45) is 0 Å². The molecule has 0 saturated carbocycles. The van der Waals surface area contributed by atoms with Crippen LogP contribution in [0.5, 0.6) is 0 Å². The molecule has 4 rings (SSSR count). The maximum absolute atomic E-state index is 14.0. The Labute approximate surface area is 176 Å². The Kier molecular flexibility index (Phi) is 5.90. The van der Waals surface area contributed by atoms with Crippen LogP contribution < -0.4 is 9.80 Å². The second kappa shape index (κ2) is 8.45. The number of aryl methyl sites for hydroxylation is 1. The molecule has 1 atom stereocenters. The number of nitrogens with zero attached hydrogens (tertiary/aromatic N) is 2. The Bertz CT molecular complexity index is 1040. The molecule has 2 aromatic carbocycles. The largest absolute Gasteiger partial charge is 0.323 e. The van der Waals surface area contributed by atoms with Crippen molar-refractivity contribution in [1.82, 2.24) is 4.31 Å². The number of anilines is 1. The molecule has 1 amide bonds. The molecular formula is C22H27FN3O3S+. The van der Waals surface area contributed by atoms with E-state index in [1.54, 1.807) is 0 Å². The van der Waals surface area contributed by atoms with Gasteiger partial charge in [-0.05, 0) is 43.5 Å². The molecule has 2 aliphatic rings. The Morgan fingerprint density at radius 2 is 1.70 bits per heavy atom. The first-order chi connectivity index (χ1) is 14.4. The lowest BCUT2D eigenvalue weighted by Crippen LogP contribution is -3.19. The van der Waals surface area contributed by atoms with Gasteiger partial charge in [-0.3, -0.25) is 4.79 Å². The number of carbonyl (C=O) groups is 1. The van der Waals surface area contributed by atoms with E-state index in [9.17, 15) is 17.6 Å². The normalized spacial score (nSPS) is 19.3. The van der Waals surface area contributed by atoms with E-state index in [4.69, 9.17) is 0 Å². The number of hydrogen-bond acceptors (Lipinski definition) is 3. The van der Waals surface area contributed by atoms with Gasteiger partial charge in [0, 0.05) is 12.2 Å². The molecule has 0 radical (unpaired) electrons. The number of piperazine rings is 1. The van der Waals surface area contributed by atoms with Crippen LogP contribution in [0.15, 0.2) is 53.4 Å². The number of carbonyl (C=O) groups excluding carboxylic acids is 1. The zero-order valence-electron chi connectivity index (χ0n) is 17.1. The van der Waals surface area contributed by atoms with E-state index >= 15 is 0 Å². The van der Waals surface area contributed by atoms with Crippen LogP contribution in [0, 0.1) is 5.82 Å². The summed E-state index contributed by atoms with van der Waals surface area (Å²) in [6, 6.07) is 13.2. The van der Waals surface area contributed by atoms with Crippen LogP contribution >= 0.6 is 0 Å². The van der Waals surface area contributed by atoms with E-state index in [2.05, 4.69) is 6.07 Å². The first-order valence-corrected chi connectivity index (χ1v) is 11.8. The molecule has 1 fully saturated rings. The lowest BCUT2D eigenvalue weighted by Gasteiger charge is -2.37. The highest BCUT2D eigenvalue weighted by molar-refractivity contribution is 7.89. The molecule has 0 aromatic heterocycles. The van der Waals surface area contributed by atoms with Crippen LogP contribution in [-0.4, -0.2) is 57.4 Å². The highest BCUT2D eigenvalue weighted by atomic mass is 32.2. The summed E-state index contributed by atoms with van der Waals surface area (Å²) in [5.41, 5.74) is 2.18. The van der Waals surface area contributed by atoms with Crippen molar-refractivity contribution in [3.8, 4) is 0 Å². The number of halogens is 1. The summed E-state index contributed by atoms with van der Waals surface area (Å²) in [6.45, 7) is 4.17. The van der Waals surface area contributed by atoms with Gasteiger partial charge in [0.1, 0.15) is 10.7 Å². The zero-order chi connectivity index (χ0) is 21.3. The second-order valence-corrected chi connectivity index (χ2v) is 9.84. The number of fused-ring (bicyclic) bond motifs is 1. The van der Waals surface area contributed by atoms with E-state index in [-0.39, 0.29) is 29.9 Å². The molecule has 160 valence electrons. The van der Waals surface area contributed by atoms with Crippen LogP contribution in [0.25, 0.3) is 0 Å². The van der Waals surface area contributed by atoms with E-state index in [0.29, 0.717) is 19.6 Å². The van der Waals surface area contributed by atoms with Gasteiger partial charge in [-0.15, -0.1) is 0 Å². The summed E-state index contributed by atoms with van der Waals surface area (Å²) >= 11 is 0. The smallest absolute Gasteiger partial charge is 0.284 e. The first kappa shape index (κ1) is 21.0. The molecule has 6 nitrogen and oxygen atoms in total. The van der Waals surface area contributed by atoms with Crippen molar-refractivity contribution in [2.75, 3.05) is 37.6 Å². The number of quaternary nitrogens is 1. The molecular weight excluding hydrogens is 405 g/mol. The maximum Gasteiger partial charge on any atom is 0.284 e. The summed E-state index contributed by atoms with van der Waals surface area (Å²) in [5.74, 6) is -0.665. The van der Waals surface area contributed by atoms with Gasteiger partial charge in [-0.25, -0.2) is 12.8 Å². The third-order valence-electron chi connectivity index (χ3n) is 6.18. The van der Waals surface area contributed by atoms with Gasteiger partial charge in [0.25, 0.3) is 5.91 Å². The Hall–Kier alpha value is -2.29. The van der Waals surface area contributed by atoms with Crippen molar-refractivity contribution < 1.29 is 22.5 Å². The summed E-state index contributed by atoms with van der Waals surface area (Å²) < 4.78 is 40.9. The average Bonchev–Trinajstić information content (AvgIpc) is 2.78. The topological polar surface area (TPSA) is 62.1 Å². The summed E-state index contributed by atoms with van der Waals surface area (Å²) in [4.78, 5) is 15.9. The van der Waals surface area contributed by atoms with E-state index in [1.165, 1.54) is 28.1 Å². The molecule has 30 heavy (non-hydrogen) atoms. The number of para-hydroxylation sites is 1. The SMILES string of the molecule is C[C@@H](C(=O)N1CCCc2ccccc21)[NH+]1CCN(S(=O)(=O)c2ccccc2F)CC1. The predicted molar refractivity (Wildman–Crippen MR) is 112 cm³/mol. The summed E-state index contributed by atoms with van der Waals surface area (Å²) in [5, 5.41) is 0. The second-order valence-electron chi connectivity index (χ2n) is 7.94. The number of rotatable bonds is 4. The monoisotopic (exact) mass is 432 g/mol. The third-order valence-corrected chi connectivity index (χ3v) is 8.11. The fraction of sp³-hybridized carbons (Fsp3) is 0.409. The minimum Gasteiger partial charge on any atom is -0.323 e. The number of hydrogen-bond donors (Lipinski definition) is 1. The fourth-order valence-corrected chi connectivity index (χ4v) is 5.92. The average molecular weight is 433 g/mol. The van der Waals surface area contributed by atoms with Gasteiger partial charge in [0.05, 0.1) is 26.2 Å². The van der Waals surface area contributed by atoms with Gasteiger partial charge in [0.15, 0.2) is 6.04 Å². The molecule has 0 bridgehead atoms. The molecule has 1 saturated heterocycles. The molecule has 2 heterocycles. The maximum atomic E-state index is 14.0. The van der Waals surface area contributed by atoms with Crippen LogP contribution in [0.4, 0.5) is 10.1 Å². The predicted octanol–water partition coefficient (Wildman–Crippen LogP) is 1.08. The molecule has 1 N–H and O–H groups in total. The molecule has 2 aromatic rings. The number of benzene rings is 2. The lowest BCUT2D eigenvalue weighted by atomic mass is 10.0. The van der Waals surface area contributed by atoms with Gasteiger partial charge in [-0.1, -0.05) is 30.3 Å². The first-order valence-electron chi connectivity index (χ1n) is 10.4. The van der Waals surface area contributed by atoms with Crippen LogP contribution in [0.1, 0.15) is 18.9 Å². The quantitative estimate of drug-likeness (QED) is 0.787. The highest BCUT2D eigenvalue weighted by Crippen LogP contribution is 2.27. The summed E-state index contributed by atoms with van der Waals surface area (Å²) in [6.07, 6.45) is 1.92. The van der Waals surface area contributed by atoms with E-state index in [1.807, 2.05) is 30.0 Å². The van der Waals surface area contributed by atoms with Crippen LogP contribution in [-0.2, 0) is 21.2 Å². The minimum atomic E-state index is -3.87. The van der Waals surface area contributed by atoms with Crippen LogP contribution in [0.2, 0.25) is 0 Å². The van der Waals surface area contributed by atoms with Crippen molar-refractivity contribution >= 4 is 21.6 Å². The highest BCUT2D eigenvalue weighted by Gasteiger charge is 2.37. The number of nitrogens with one attached hydrogen (secondary N) is 1. The number of amides is 1. The van der Waals surface area contributed by atoms with E-state index in [0.717, 1.165) is 29.5 Å². The van der Waals surface area contributed by atoms with Crippen molar-refractivity contribution in [3.63, 3.8) is 0 Å². The standard InChI is InChI=1S/C22H26FN3O3S/c1-17(22(27)26-12-6-8-18-7-2-4-10-20(18)26)24-13-15-25(16-14-24)30(28,29)21-11-5-3-9-19(21)23/h2-5,7,9-11,17H,6,8,12-16H2,1H3/p+1/t17-/m0/s1. The Morgan fingerprint density at radius 3 is 2.43 bits per heavy atom. The summed E-state index contributed by atoms with van der Waals surface area (Å²) in [7, 11) is -3.87. The molecule has 0 spiro atoms. The molecule has 0 unspecified atom stereocenters. The van der Waals surface area contributed by atoms with E-state index < -0.39 is 15.8 Å². The zero-order valence-corrected chi connectivity index (χ0v) is 17.9.